The van der Waals surface area contributed by atoms with Crippen LogP contribution in [-0.2, 0) is 4.74 Å². The lowest BCUT2D eigenvalue weighted by Gasteiger charge is -2.07. The number of hydrogen-bond acceptors (Lipinski definition) is 5. The number of nitrogens with zero attached hydrogens (tertiary/aromatic N) is 1. The van der Waals surface area contributed by atoms with Crippen molar-refractivity contribution in [1.29, 1.82) is 0 Å². The molecule has 0 amide bonds. The van der Waals surface area contributed by atoms with Gasteiger partial charge in [-0.1, -0.05) is 42.5 Å². The first-order valence-electron chi connectivity index (χ1n) is 9.86. The Kier molecular flexibility index (Phi) is 4.40. The molecule has 0 saturated heterocycles. The van der Waals surface area contributed by atoms with Crippen molar-refractivity contribution in [3.63, 3.8) is 0 Å². The van der Waals surface area contributed by atoms with E-state index >= 15 is 0 Å². The molecular formula is C25H17NO5. The summed E-state index contributed by atoms with van der Waals surface area (Å²) in [5.74, 6) is -1.05. The van der Waals surface area contributed by atoms with Gasteiger partial charge in [-0.3, -0.25) is 4.79 Å². The van der Waals surface area contributed by atoms with Crippen LogP contribution in [0.4, 0.5) is 0 Å². The number of esters is 1. The number of benzene rings is 2. The zero-order valence-electron chi connectivity index (χ0n) is 16.6. The Bertz CT molecular complexity index is 1560. The van der Waals surface area contributed by atoms with Gasteiger partial charge in [0.15, 0.2) is 0 Å². The standard InChI is InChI=1S/C25H17NO5/c1-2-30-24(28)17-14-21(26-19-9-5-3-7-15(19)11-12-20(17)26)23(27)18-13-16-8-4-6-10-22(16)31-25(18)29/h3-14H,2H2,1H3. The molecule has 0 fully saturated rings. The molecule has 0 aliphatic carbocycles. The van der Waals surface area contributed by atoms with Crippen molar-refractivity contribution < 1.29 is 18.7 Å². The summed E-state index contributed by atoms with van der Waals surface area (Å²) in [6, 6.07) is 21.2. The number of para-hydroxylation sites is 2. The van der Waals surface area contributed by atoms with Gasteiger partial charge >= 0.3 is 11.6 Å². The predicted octanol–water partition coefficient (Wildman–Crippen LogP) is 4.61. The Morgan fingerprint density at radius 3 is 2.42 bits per heavy atom. The van der Waals surface area contributed by atoms with Crippen LogP contribution in [-0.4, -0.2) is 22.8 Å². The monoisotopic (exact) mass is 411 g/mol. The molecule has 31 heavy (non-hydrogen) atoms. The Balaban J connectivity index is 1.80. The number of fused-ring (bicyclic) bond motifs is 4. The summed E-state index contributed by atoms with van der Waals surface area (Å²) in [6.07, 6.45) is 0. The average molecular weight is 411 g/mol. The van der Waals surface area contributed by atoms with Gasteiger partial charge in [0.25, 0.3) is 0 Å². The molecular weight excluding hydrogens is 394 g/mol. The Morgan fingerprint density at radius 2 is 1.61 bits per heavy atom. The van der Waals surface area contributed by atoms with Crippen LogP contribution in [0.1, 0.15) is 33.3 Å². The molecule has 5 aromatic rings. The maximum atomic E-state index is 13.5. The van der Waals surface area contributed by atoms with Crippen LogP contribution in [0.25, 0.3) is 27.4 Å². The number of carbonyl (C=O) groups is 2. The van der Waals surface area contributed by atoms with E-state index in [2.05, 4.69) is 0 Å². The molecule has 3 heterocycles. The second-order valence-electron chi connectivity index (χ2n) is 7.09. The second-order valence-corrected chi connectivity index (χ2v) is 7.09. The Hall–Kier alpha value is -4.19. The summed E-state index contributed by atoms with van der Waals surface area (Å²) in [6.45, 7) is 1.93. The molecule has 0 saturated carbocycles. The van der Waals surface area contributed by atoms with Crippen molar-refractivity contribution in [2.24, 2.45) is 0 Å². The third kappa shape index (κ3) is 3.00. The van der Waals surface area contributed by atoms with Crippen molar-refractivity contribution in [2.45, 2.75) is 6.92 Å². The van der Waals surface area contributed by atoms with Gasteiger partial charge in [0.1, 0.15) is 11.1 Å². The zero-order valence-corrected chi connectivity index (χ0v) is 16.6. The van der Waals surface area contributed by atoms with Crippen molar-refractivity contribution in [1.82, 2.24) is 4.40 Å². The molecule has 152 valence electrons. The van der Waals surface area contributed by atoms with E-state index in [0.29, 0.717) is 16.5 Å². The second kappa shape index (κ2) is 7.25. The van der Waals surface area contributed by atoms with Crippen LogP contribution in [0, 0.1) is 0 Å². The average Bonchev–Trinajstić information content (AvgIpc) is 3.19. The SMILES string of the molecule is CCOC(=O)c1cc(C(=O)c2cc3ccccc3oc2=O)n2c1ccc1ccccc12. The van der Waals surface area contributed by atoms with Crippen LogP contribution in [0.5, 0.6) is 0 Å². The quantitative estimate of drug-likeness (QED) is 0.245. The van der Waals surface area contributed by atoms with Gasteiger partial charge < -0.3 is 13.6 Å². The van der Waals surface area contributed by atoms with E-state index < -0.39 is 17.4 Å². The maximum absolute atomic E-state index is 13.5. The number of hydrogen-bond donors (Lipinski definition) is 0. The summed E-state index contributed by atoms with van der Waals surface area (Å²) in [4.78, 5) is 38.7. The molecule has 5 rings (SSSR count). The highest BCUT2D eigenvalue weighted by Gasteiger charge is 2.25. The smallest absolute Gasteiger partial charge is 0.347 e. The van der Waals surface area contributed by atoms with Crippen LogP contribution >= 0.6 is 0 Å². The summed E-state index contributed by atoms with van der Waals surface area (Å²) in [5.41, 5.74) is 1.31. The van der Waals surface area contributed by atoms with E-state index in [1.54, 1.807) is 41.7 Å². The van der Waals surface area contributed by atoms with Gasteiger partial charge in [0.2, 0.25) is 5.78 Å². The summed E-state index contributed by atoms with van der Waals surface area (Å²) >= 11 is 0. The summed E-state index contributed by atoms with van der Waals surface area (Å²) < 4.78 is 12.2. The molecule has 3 aromatic heterocycles. The van der Waals surface area contributed by atoms with E-state index in [4.69, 9.17) is 9.15 Å². The molecule has 0 unspecified atom stereocenters. The minimum Gasteiger partial charge on any atom is -0.462 e. The molecule has 0 atom stereocenters. The highest BCUT2D eigenvalue weighted by Crippen LogP contribution is 2.26. The summed E-state index contributed by atoms with van der Waals surface area (Å²) in [7, 11) is 0. The number of ether oxygens (including phenoxy) is 1. The lowest BCUT2D eigenvalue weighted by molar-refractivity contribution is 0.0529. The zero-order chi connectivity index (χ0) is 21.5. The fraction of sp³-hybridized carbons (Fsp3) is 0.0800. The molecule has 0 aliphatic heterocycles. The number of rotatable bonds is 4. The van der Waals surface area contributed by atoms with Gasteiger partial charge in [-0.2, -0.15) is 0 Å². The first-order valence-corrected chi connectivity index (χ1v) is 9.86. The molecule has 6 nitrogen and oxygen atoms in total. The first kappa shape index (κ1) is 18.8. The van der Waals surface area contributed by atoms with Gasteiger partial charge in [0, 0.05) is 5.39 Å². The van der Waals surface area contributed by atoms with Gasteiger partial charge in [-0.15, -0.1) is 0 Å². The van der Waals surface area contributed by atoms with Crippen LogP contribution in [0.2, 0.25) is 0 Å². The van der Waals surface area contributed by atoms with Gasteiger partial charge in [0.05, 0.1) is 28.9 Å². The number of ketones is 1. The highest BCUT2D eigenvalue weighted by molar-refractivity contribution is 6.13. The minimum atomic E-state index is -0.725. The van der Waals surface area contributed by atoms with Crippen LogP contribution in [0.15, 0.2) is 82.0 Å². The van der Waals surface area contributed by atoms with E-state index in [1.807, 2.05) is 30.3 Å². The number of aromatic nitrogens is 1. The normalized spacial score (nSPS) is 11.3. The fourth-order valence-corrected chi connectivity index (χ4v) is 3.85. The van der Waals surface area contributed by atoms with Crippen LogP contribution < -0.4 is 5.63 Å². The number of pyridine rings is 1. The molecule has 0 N–H and O–H groups in total. The Labute approximate surface area is 176 Å². The third-order valence-electron chi connectivity index (χ3n) is 5.25. The lowest BCUT2D eigenvalue weighted by Crippen LogP contribution is -2.16. The van der Waals surface area contributed by atoms with Gasteiger partial charge in [-0.25, -0.2) is 9.59 Å². The molecule has 6 heteroatoms. The molecule has 2 aromatic carbocycles. The Morgan fingerprint density at radius 1 is 0.871 bits per heavy atom. The highest BCUT2D eigenvalue weighted by atomic mass is 16.5. The van der Waals surface area contributed by atoms with Gasteiger partial charge in [-0.05, 0) is 42.6 Å². The van der Waals surface area contributed by atoms with E-state index in [1.165, 1.54) is 12.1 Å². The largest absolute Gasteiger partial charge is 0.462 e. The topological polar surface area (TPSA) is 78.0 Å². The van der Waals surface area contributed by atoms with Crippen molar-refractivity contribution in [3.05, 3.63) is 100 Å². The van der Waals surface area contributed by atoms with Crippen molar-refractivity contribution in [3.8, 4) is 0 Å². The maximum Gasteiger partial charge on any atom is 0.347 e. The number of carbonyl (C=O) groups excluding carboxylic acids is 2. The van der Waals surface area contributed by atoms with Crippen molar-refractivity contribution >= 4 is 39.1 Å². The third-order valence-corrected chi connectivity index (χ3v) is 5.25. The minimum absolute atomic E-state index is 0.0959. The molecule has 0 radical (unpaired) electrons. The predicted molar refractivity (Wildman–Crippen MR) is 117 cm³/mol. The molecule has 0 spiro atoms. The fourth-order valence-electron chi connectivity index (χ4n) is 3.85. The lowest BCUT2D eigenvalue weighted by atomic mass is 10.1. The van der Waals surface area contributed by atoms with E-state index in [-0.39, 0.29) is 23.4 Å². The van der Waals surface area contributed by atoms with Crippen molar-refractivity contribution in [2.75, 3.05) is 6.61 Å². The summed E-state index contributed by atoms with van der Waals surface area (Å²) in [5, 5.41) is 1.53. The molecule has 0 bridgehead atoms. The van der Waals surface area contributed by atoms with E-state index in [0.717, 1.165) is 10.9 Å². The van der Waals surface area contributed by atoms with Crippen LogP contribution in [0.3, 0.4) is 0 Å². The first-order chi connectivity index (χ1) is 15.1. The van der Waals surface area contributed by atoms with E-state index in [9.17, 15) is 14.4 Å². The molecule has 0 aliphatic rings.